The van der Waals surface area contributed by atoms with Crippen LogP contribution in [-0.2, 0) is 11.2 Å². The van der Waals surface area contributed by atoms with Crippen LogP contribution in [0, 0.1) is 0 Å². The first-order valence-electron chi connectivity index (χ1n) is 11.3. The number of fused-ring (bicyclic) bond motifs is 3. The summed E-state index contributed by atoms with van der Waals surface area (Å²) in [6.07, 6.45) is 0.478. The van der Waals surface area contributed by atoms with Gasteiger partial charge in [-0.15, -0.1) is 0 Å². The lowest BCUT2D eigenvalue weighted by atomic mass is 10.0. The van der Waals surface area contributed by atoms with E-state index in [-0.39, 0.29) is 27.4 Å². The molecule has 0 spiro atoms. The highest BCUT2D eigenvalue weighted by molar-refractivity contribution is 6.38. The summed E-state index contributed by atoms with van der Waals surface area (Å²) in [5, 5.41) is 0.860. The van der Waals surface area contributed by atoms with Crippen LogP contribution < -0.4 is 4.90 Å². The highest BCUT2D eigenvalue weighted by Gasteiger charge is 2.40. The lowest BCUT2D eigenvalue weighted by Gasteiger charge is -2.15. The molecule has 0 saturated heterocycles. The fourth-order valence-electron chi connectivity index (χ4n) is 4.27. The number of aryl methyl sites for hydroxylation is 1. The van der Waals surface area contributed by atoms with Gasteiger partial charge in [-0.2, -0.15) is 0 Å². The van der Waals surface area contributed by atoms with E-state index in [0.29, 0.717) is 28.6 Å². The lowest BCUT2D eigenvalue weighted by molar-refractivity contribution is 0.0474. The van der Waals surface area contributed by atoms with Gasteiger partial charge in [0.25, 0.3) is 11.8 Å². The molecule has 7 nitrogen and oxygen atoms in total. The second-order valence-electron chi connectivity index (χ2n) is 8.15. The third kappa shape index (κ3) is 3.93. The number of amides is 2. The van der Waals surface area contributed by atoms with Gasteiger partial charge in [-0.05, 0) is 42.8 Å². The summed E-state index contributed by atoms with van der Waals surface area (Å²) >= 11 is 6.03. The minimum Gasteiger partial charge on any atom is -0.454 e. The normalized spacial score (nSPS) is 12.7. The molecule has 1 aliphatic heterocycles. The summed E-state index contributed by atoms with van der Waals surface area (Å²) in [6, 6.07) is 19.6. The molecule has 0 saturated carbocycles. The topological polar surface area (TPSA) is 93.6 Å². The molecule has 3 aromatic carbocycles. The first kappa shape index (κ1) is 23.4. The predicted molar refractivity (Wildman–Crippen MR) is 135 cm³/mol. The van der Waals surface area contributed by atoms with Crippen molar-refractivity contribution in [3.63, 3.8) is 0 Å². The third-order valence-corrected chi connectivity index (χ3v) is 6.31. The number of ether oxygens (including phenoxy) is 1. The number of hydrogen-bond acceptors (Lipinski definition) is 6. The Balaban J connectivity index is 1.43. The molecule has 4 aromatic rings. The van der Waals surface area contributed by atoms with E-state index < -0.39 is 30.2 Å². The number of carbonyl (C=O) groups is 4. The van der Waals surface area contributed by atoms with Crippen LogP contribution >= 0.6 is 11.6 Å². The van der Waals surface area contributed by atoms with E-state index in [1.807, 2.05) is 13.0 Å². The van der Waals surface area contributed by atoms with Gasteiger partial charge in [0.1, 0.15) is 0 Å². The molecule has 0 radical (unpaired) electrons. The summed E-state index contributed by atoms with van der Waals surface area (Å²) in [6.45, 7) is 1.37. The van der Waals surface area contributed by atoms with Crippen molar-refractivity contribution in [2.75, 3.05) is 11.5 Å². The van der Waals surface area contributed by atoms with Crippen LogP contribution in [0.15, 0.2) is 72.8 Å². The van der Waals surface area contributed by atoms with E-state index in [1.54, 1.807) is 54.6 Å². The maximum absolute atomic E-state index is 13.5. The molecule has 1 aliphatic rings. The Labute approximate surface area is 211 Å². The standard InChI is InChI=1S/C28H19ClN2O5/c1-2-21-25-24(19-11-4-6-13-22(19)30-21)26(33)31(27(25)34)17-9-7-8-16(14-17)28(35)36-15-23(32)18-10-3-5-12-20(18)29/h3-14H,2,15H2,1H3. The molecular formula is C28H19ClN2O5. The van der Waals surface area contributed by atoms with E-state index in [4.69, 9.17) is 16.3 Å². The van der Waals surface area contributed by atoms with Gasteiger partial charge in [0.05, 0.1) is 38.6 Å². The molecule has 36 heavy (non-hydrogen) atoms. The van der Waals surface area contributed by atoms with Crippen molar-refractivity contribution < 1.29 is 23.9 Å². The molecule has 1 aromatic heterocycles. The number of esters is 1. The maximum atomic E-state index is 13.5. The monoisotopic (exact) mass is 498 g/mol. The second-order valence-corrected chi connectivity index (χ2v) is 8.56. The first-order valence-corrected chi connectivity index (χ1v) is 11.6. The molecule has 0 fully saturated rings. The number of halogens is 1. The minimum atomic E-state index is -0.768. The summed E-state index contributed by atoms with van der Waals surface area (Å²) in [4.78, 5) is 57.6. The Morgan fingerprint density at radius 1 is 0.917 bits per heavy atom. The van der Waals surface area contributed by atoms with Gasteiger partial charge in [0, 0.05) is 10.9 Å². The van der Waals surface area contributed by atoms with Gasteiger partial charge in [-0.25, -0.2) is 9.69 Å². The number of Topliss-reactive ketones (excluding diaryl/α,β-unsaturated/α-hetero) is 1. The average Bonchev–Trinajstić information content (AvgIpc) is 3.17. The predicted octanol–water partition coefficient (Wildman–Crippen LogP) is 5.29. The van der Waals surface area contributed by atoms with E-state index >= 15 is 0 Å². The van der Waals surface area contributed by atoms with Crippen molar-refractivity contribution in [2.45, 2.75) is 13.3 Å². The van der Waals surface area contributed by atoms with Crippen LogP contribution in [0.25, 0.3) is 10.9 Å². The van der Waals surface area contributed by atoms with Crippen LogP contribution in [-0.4, -0.2) is 35.2 Å². The van der Waals surface area contributed by atoms with E-state index in [9.17, 15) is 19.2 Å². The number of pyridine rings is 1. The Morgan fingerprint density at radius 2 is 1.64 bits per heavy atom. The van der Waals surface area contributed by atoms with Crippen molar-refractivity contribution in [3.8, 4) is 0 Å². The quantitative estimate of drug-likeness (QED) is 0.204. The van der Waals surface area contributed by atoms with Crippen molar-refractivity contribution in [3.05, 3.63) is 106 Å². The van der Waals surface area contributed by atoms with Gasteiger partial charge in [-0.3, -0.25) is 19.4 Å². The van der Waals surface area contributed by atoms with Crippen LogP contribution in [0.4, 0.5) is 5.69 Å². The first-order chi connectivity index (χ1) is 17.4. The Morgan fingerprint density at radius 3 is 2.42 bits per heavy atom. The zero-order valence-electron chi connectivity index (χ0n) is 19.2. The molecule has 178 valence electrons. The molecular weight excluding hydrogens is 480 g/mol. The molecule has 2 amide bonds. The van der Waals surface area contributed by atoms with Crippen LogP contribution in [0.3, 0.4) is 0 Å². The van der Waals surface area contributed by atoms with E-state index in [1.165, 1.54) is 12.1 Å². The Hall–Kier alpha value is -4.36. The zero-order valence-corrected chi connectivity index (χ0v) is 19.9. The highest BCUT2D eigenvalue weighted by atomic mass is 35.5. The van der Waals surface area contributed by atoms with E-state index in [2.05, 4.69) is 4.98 Å². The number of rotatable bonds is 6. The number of imide groups is 1. The Kier molecular flexibility index (Phi) is 6.08. The molecule has 2 heterocycles. The summed E-state index contributed by atoms with van der Waals surface area (Å²) in [7, 11) is 0. The third-order valence-electron chi connectivity index (χ3n) is 5.98. The number of hydrogen-bond donors (Lipinski definition) is 0. The summed E-state index contributed by atoms with van der Waals surface area (Å²) in [5.74, 6) is -2.20. The Bertz CT molecular complexity index is 1580. The van der Waals surface area contributed by atoms with Crippen molar-refractivity contribution in [1.82, 2.24) is 4.98 Å². The van der Waals surface area contributed by atoms with Crippen molar-refractivity contribution in [2.24, 2.45) is 0 Å². The van der Waals surface area contributed by atoms with Crippen LogP contribution in [0.1, 0.15) is 54.0 Å². The molecule has 0 atom stereocenters. The molecule has 5 rings (SSSR count). The number of benzene rings is 3. The number of carbonyl (C=O) groups excluding carboxylic acids is 4. The number of para-hydroxylation sites is 1. The fraction of sp³-hybridized carbons (Fsp3) is 0.107. The molecule has 0 N–H and O–H groups in total. The van der Waals surface area contributed by atoms with Crippen LogP contribution in [0.5, 0.6) is 0 Å². The molecule has 8 heteroatoms. The van der Waals surface area contributed by atoms with E-state index in [0.717, 1.165) is 4.90 Å². The molecule has 0 bridgehead atoms. The largest absolute Gasteiger partial charge is 0.454 e. The number of ketones is 1. The van der Waals surface area contributed by atoms with Gasteiger partial charge in [0.15, 0.2) is 6.61 Å². The smallest absolute Gasteiger partial charge is 0.338 e. The zero-order chi connectivity index (χ0) is 25.4. The highest BCUT2D eigenvalue weighted by Crippen LogP contribution is 2.35. The number of anilines is 1. The van der Waals surface area contributed by atoms with Crippen LogP contribution in [0.2, 0.25) is 5.02 Å². The van der Waals surface area contributed by atoms with Gasteiger partial charge >= 0.3 is 5.97 Å². The second kappa shape index (κ2) is 9.36. The lowest BCUT2D eigenvalue weighted by Crippen LogP contribution is -2.29. The van der Waals surface area contributed by atoms with Crippen molar-refractivity contribution >= 4 is 51.8 Å². The minimum absolute atomic E-state index is 0.0923. The SMILES string of the molecule is CCc1nc2ccccc2c2c1C(=O)N(c1cccc(C(=O)OCC(=O)c3ccccc3Cl)c1)C2=O. The number of nitrogens with zero attached hydrogens (tertiary/aromatic N) is 2. The molecule has 0 unspecified atom stereocenters. The average molecular weight is 499 g/mol. The van der Waals surface area contributed by atoms with Crippen molar-refractivity contribution in [1.29, 1.82) is 0 Å². The fourth-order valence-corrected chi connectivity index (χ4v) is 4.51. The van der Waals surface area contributed by atoms with Gasteiger partial charge < -0.3 is 4.74 Å². The number of aromatic nitrogens is 1. The van der Waals surface area contributed by atoms with Gasteiger partial charge in [-0.1, -0.05) is 54.9 Å². The van der Waals surface area contributed by atoms with Gasteiger partial charge in [0.2, 0.25) is 5.78 Å². The molecule has 0 aliphatic carbocycles. The maximum Gasteiger partial charge on any atom is 0.338 e. The summed E-state index contributed by atoms with van der Waals surface area (Å²) < 4.78 is 5.18. The summed E-state index contributed by atoms with van der Waals surface area (Å²) in [5.41, 5.74) is 2.32.